The third kappa shape index (κ3) is 4.96. The Labute approximate surface area is 225 Å². The molecule has 1 aliphatic rings. The molecular weight excluding hydrogens is 545 g/mol. The largest absolute Gasteiger partial charge is 0.496 e. The lowest BCUT2D eigenvalue weighted by Gasteiger charge is -2.26. The van der Waals surface area contributed by atoms with Gasteiger partial charge in [-0.1, -0.05) is 24.3 Å². The third-order valence-electron chi connectivity index (χ3n) is 6.64. The van der Waals surface area contributed by atoms with Crippen molar-refractivity contribution < 1.29 is 31.1 Å². The molecule has 2 aromatic heterocycles. The number of nitrogens with zero attached hydrogens (tertiary/aromatic N) is 3. The van der Waals surface area contributed by atoms with Gasteiger partial charge < -0.3 is 9.84 Å². The molecule has 9 nitrogen and oxygen atoms in total. The van der Waals surface area contributed by atoms with E-state index in [1.807, 2.05) is 0 Å². The summed E-state index contributed by atoms with van der Waals surface area (Å²) in [5, 5.41) is 9.59. The van der Waals surface area contributed by atoms with E-state index < -0.39 is 32.5 Å². The Morgan fingerprint density at radius 2 is 1.79 bits per heavy atom. The van der Waals surface area contributed by atoms with E-state index in [1.54, 1.807) is 36.4 Å². The van der Waals surface area contributed by atoms with Crippen LogP contribution in [0.5, 0.6) is 5.75 Å². The molecule has 0 unspecified atom stereocenters. The van der Waals surface area contributed by atoms with Crippen molar-refractivity contribution in [3.05, 3.63) is 84.4 Å². The Balaban J connectivity index is 1.74. The molecule has 0 spiro atoms. The topological polar surface area (TPSA) is 119 Å². The third-order valence-corrected chi connectivity index (χ3v) is 10.2. The second kappa shape index (κ2) is 10.5. The first-order valence-electron chi connectivity index (χ1n) is 12.1. The molecule has 12 heteroatoms. The van der Waals surface area contributed by atoms with Gasteiger partial charge >= 0.3 is 0 Å². The minimum absolute atomic E-state index is 0.0303. The molecule has 3 heterocycles. The number of aromatic nitrogens is 2. The first-order valence-corrected chi connectivity index (χ1v) is 15.2. The van der Waals surface area contributed by atoms with Gasteiger partial charge in [0.05, 0.1) is 30.1 Å². The summed E-state index contributed by atoms with van der Waals surface area (Å²) in [6, 6.07) is 15.4. The maximum Gasteiger partial charge on any atom is 0.269 e. The highest BCUT2D eigenvalue weighted by atomic mass is 32.2. The molecule has 0 aliphatic carbocycles. The van der Waals surface area contributed by atoms with Crippen LogP contribution in [0.2, 0.25) is 0 Å². The lowest BCUT2D eigenvalue weighted by Crippen LogP contribution is -2.37. The average molecular weight is 572 g/mol. The van der Waals surface area contributed by atoms with Crippen LogP contribution in [0, 0.1) is 5.82 Å². The fourth-order valence-corrected chi connectivity index (χ4v) is 7.42. The maximum atomic E-state index is 14.3. The summed E-state index contributed by atoms with van der Waals surface area (Å²) in [7, 11) is -6.31. The molecule has 4 aromatic rings. The fourth-order valence-electron chi connectivity index (χ4n) is 4.75. The number of hydrogen-bond acceptors (Lipinski definition) is 7. The lowest BCUT2D eigenvalue weighted by molar-refractivity contribution is 0.315. The normalized spacial score (nSPS) is 14.9. The van der Waals surface area contributed by atoms with E-state index in [0.717, 1.165) is 3.97 Å². The van der Waals surface area contributed by atoms with Crippen LogP contribution in [0.3, 0.4) is 0 Å². The van der Waals surface area contributed by atoms with Crippen LogP contribution < -0.4 is 4.74 Å². The van der Waals surface area contributed by atoms with E-state index >= 15 is 0 Å². The summed E-state index contributed by atoms with van der Waals surface area (Å²) in [6.07, 6.45) is 3.37. The van der Waals surface area contributed by atoms with Crippen LogP contribution in [0.15, 0.2) is 77.8 Å². The highest BCUT2D eigenvalue weighted by molar-refractivity contribution is 7.90. The van der Waals surface area contributed by atoms with Gasteiger partial charge in [-0.05, 0) is 60.0 Å². The van der Waals surface area contributed by atoms with Crippen molar-refractivity contribution in [2.75, 3.05) is 32.6 Å². The van der Waals surface area contributed by atoms with E-state index in [1.165, 1.54) is 47.9 Å². The van der Waals surface area contributed by atoms with E-state index in [0.29, 0.717) is 33.5 Å². The standard InChI is InChI=1S/C27H26FN3O6S2/c1-37-26-8-7-20(28)17-23(26)22-9-12-29-27-24(22)18-25(31(27)39(35,36)21-5-3-2-4-6-21)19-10-13-30(14-11-19)38(33,34)16-15-32/h2-10,12,17-18,32H,11,13-16H2,1H3. The van der Waals surface area contributed by atoms with E-state index in [2.05, 4.69) is 4.98 Å². The zero-order valence-corrected chi connectivity index (χ0v) is 22.6. The smallest absolute Gasteiger partial charge is 0.269 e. The fraction of sp³-hybridized carbons (Fsp3) is 0.222. The van der Waals surface area contributed by atoms with Crippen molar-refractivity contribution in [2.45, 2.75) is 11.3 Å². The van der Waals surface area contributed by atoms with Gasteiger partial charge in [-0.15, -0.1) is 0 Å². The number of halogens is 1. The molecule has 1 N–H and O–H groups in total. The van der Waals surface area contributed by atoms with Crippen molar-refractivity contribution >= 4 is 36.7 Å². The molecule has 0 saturated heterocycles. The predicted octanol–water partition coefficient (Wildman–Crippen LogP) is 3.50. The van der Waals surface area contributed by atoms with Crippen LogP contribution >= 0.6 is 0 Å². The number of benzene rings is 2. The van der Waals surface area contributed by atoms with Gasteiger partial charge in [0.1, 0.15) is 11.6 Å². The minimum Gasteiger partial charge on any atom is -0.496 e. The zero-order chi connectivity index (χ0) is 27.8. The molecule has 0 radical (unpaired) electrons. The highest BCUT2D eigenvalue weighted by Gasteiger charge is 2.30. The zero-order valence-electron chi connectivity index (χ0n) is 21.0. The van der Waals surface area contributed by atoms with Crippen molar-refractivity contribution in [3.63, 3.8) is 0 Å². The van der Waals surface area contributed by atoms with Crippen LogP contribution in [-0.2, 0) is 20.0 Å². The first kappa shape index (κ1) is 27.0. The summed E-state index contributed by atoms with van der Waals surface area (Å²) in [5.74, 6) is -0.459. The number of pyridine rings is 1. The number of methoxy groups -OCH3 is 1. The van der Waals surface area contributed by atoms with Crippen LogP contribution in [0.1, 0.15) is 12.1 Å². The van der Waals surface area contributed by atoms with Crippen LogP contribution in [-0.4, -0.2) is 67.8 Å². The second-order valence-electron chi connectivity index (χ2n) is 8.93. The lowest BCUT2D eigenvalue weighted by atomic mass is 10.0. The molecule has 0 saturated carbocycles. The predicted molar refractivity (Wildman–Crippen MR) is 146 cm³/mol. The van der Waals surface area contributed by atoms with Crippen molar-refractivity contribution in [1.29, 1.82) is 0 Å². The summed E-state index contributed by atoms with van der Waals surface area (Å²) in [5.41, 5.74) is 2.07. The van der Waals surface area contributed by atoms with Crippen LogP contribution in [0.25, 0.3) is 27.7 Å². The van der Waals surface area contributed by atoms with E-state index in [-0.39, 0.29) is 35.8 Å². The van der Waals surface area contributed by atoms with Gasteiger partial charge in [0.25, 0.3) is 10.0 Å². The number of sulfonamides is 1. The molecule has 0 bridgehead atoms. The number of aliphatic hydroxyl groups is 1. The highest BCUT2D eigenvalue weighted by Crippen LogP contribution is 2.39. The molecule has 204 valence electrons. The van der Waals surface area contributed by atoms with Gasteiger partial charge in [0.2, 0.25) is 10.0 Å². The van der Waals surface area contributed by atoms with Crippen LogP contribution in [0.4, 0.5) is 4.39 Å². The Morgan fingerprint density at radius 1 is 1.03 bits per heavy atom. The first-order chi connectivity index (χ1) is 18.7. The van der Waals surface area contributed by atoms with Crippen molar-refractivity contribution in [1.82, 2.24) is 13.3 Å². The van der Waals surface area contributed by atoms with Gasteiger partial charge in [0, 0.05) is 30.2 Å². The molecule has 0 amide bonds. The average Bonchev–Trinajstić information content (AvgIpc) is 3.34. The number of fused-ring (bicyclic) bond motifs is 1. The number of hydrogen-bond donors (Lipinski definition) is 1. The van der Waals surface area contributed by atoms with E-state index in [9.17, 15) is 21.2 Å². The Morgan fingerprint density at radius 3 is 2.46 bits per heavy atom. The van der Waals surface area contributed by atoms with E-state index in [4.69, 9.17) is 9.84 Å². The molecule has 0 atom stereocenters. The van der Waals surface area contributed by atoms with Gasteiger partial charge in [-0.3, -0.25) is 0 Å². The molecule has 5 rings (SSSR count). The Hall–Kier alpha value is -3.58. The quantitative estimate of drug-likeness (QED) is 0.344. The second-order valence-corrected chi connectivity index (χ2v) is 12.8. The maximum absolute atomic E-state index is 14.3. The monoisotopic (exact) mass is 571 g/mol. The number of aliphatic hydroxyl groups excluding tert-OH is 1. The molecule has 1 aliphatic heterocycles. The Bertz CT molecular complexity index is 1790. The molecular formula is C27H26FN3O6S2. The van der Waals surface area contributed by atoms with Gasteiger partial charge in [0.15, 0.2) is 5.65 Å². The minimum atomic E-state index is -4.13. The SMILES string of the molecule is COc1ccc(F)cc1-c1ccnc2c1cc(C1=CCN(S(=O)(=O)CCO)CC1)n2S(=O)(=O)c1ccccc1. The molecule has 0 fully saturated rings. The Kier molecular flexibility index (Phi) is 7.29. The summed E-state index contributed by atoms with van der Waals surface area (Å²) < 4.78 is 75.0. The van der Waals surface area contributed by atoms with Crippen molar-refractivity contribution in [3.8, 4) is 16.9 Å². The summed E-state index contributed by atoms with van der Waals surface area (Å²) in [4.78, 5) is 4.48. The van der Waals surface area contributed by atoms with Gasteiger partial charge in [-0.25, -0.2) is 30.2 Å². The molecule has 39 heavy (non-hydrogen) atoms. The van der Waals surface area contributed by atoms with Gasteiger partial charge in [-0.2, -0.15) is 4.31 Å². The number of ether oxygens (including phenoxy) is 1. The summed E-state index contributed by atoms with van der Waals surface area (Å²) >= 11 is 0. The summed E-state index contributed by atoms with van der Waals surface area (Å²) in [6.45, 7) is -0.335. The molecule has 2 aromatic carbocycles. The van der Waals surface area contributed by atoms with Crippen molar-refractivity contribution in [2.24, 2.45) is 0 Å². The number of rotatable bonds is 8.